The van der Waals surface area contributed by atoms with Crippen LogP contribution in [0.5, 0.6) is 0 Å². The van der Waals surface area contributed by atoms with Gasteiger partial charge in [-0.25, -0.2) is 0 Å². The van der Waals surface area contributed by atoms with Gasteiger partial charge in [0.15, 0.2) is 0 Å². The molecule has 0 nitrogen and oxygen atoms in total. The molecule has 0 aliphatic heterocycles. The van der Waals surface area contributed by atoms with E-state index in [0.29, 0.717) is 11.1 Å². The molecule has 0 fully saturated rings. The predicted octanol–water partition coefficient (Wildman–Crippen LogP) is 5.55. The molecular weight excluding hydrogens is 737 g/mol. The average Bonchev–Trinajstić information content (AvgIpc) is 3.48. The Morgan fingerprint density at radius 3 is 1.22 bits per heavy atom. The van der Waals surface area contributed by atoms with Crippen LogP contribution < -0.4 is 24.8 Å². The fraction of sp³-hybridized carbons (Fsp3) is 0.222. The Balaban J connectivity index is 0.00000240. The fourth-order valence-electron chi connectivity index (χ4n) is 7.07. The summed E-state index contributed by atoms with van der Waals surface area (Å²) in [4.78, 5) is 0. The van der Waals surface area contributed by atoms with Crippen molar-refractivity contribution in [3.05, 3.63) is 129 Å². The minimum Gasteiger partial charge on any atom is -1.00 e. The molecule has 0 amide bonds. The number of halogens is 8. The third-order valence-corrected chi connectivity index (χ3v) is 28.7. The number of hydrogen-bond acceptors (Lipinski definition) is 0. The van der Waals surface area contributed by atoms with Crippen LogP contribution >= 0.6 is 0 Å². The molecule has 0 N–H and O–H groups in total. The van der Waals surface area contributed by atoms with Crippen molar-refractivity contribution < 1.29 is 71.5 Å². The van der Waals surface area contributed by atoms with E-state index in [1.54, 1.807) is 36.4 Å². The quantitative estimate of drug-likeness (QED) is 0.189. The van der Waals surface area contributed by atoms with E-state index >= 15 is 0 Å². The number of benzene rings is 4. The van der Waals surface area contributed by atoms with E-state index in [9.17, 15) is 26.3 Å². The molecule has 4 aromatic rings. The SMILES string of the molecule is CC1=Cc2c(-c3ccccc3C(F)(F)F)cccc2[CH]1[Zr+2]([CH]1C(C)=Cc2c(-c3ccccc3C(F)(F)F)cccc21)=[Si](C)C.[Cl-].[Cl-]. The van der Waals surface area contributed by atoms with Crippen LogP contribution in [0.1, 0.15) is 54.5 Å². The Labute approximate surface area is 285 Å². The largest absolute Gasteiger partial charge is 1.00 e. The Kier molecular flexibility index (Phi) is 10.8. The first kappa shape index (κ1) is 36.5. The second-order valence-corrected chi connectivity index (χ2v) is 29.7. The maximum Gasteiger partial charge on any atom is -1.00 e. The van der Waals surface area contributed by atoms with Crippen LogP contribution in [0.25, 0.3) is 34.4 Å². The van der Waals surface area contributed by atoms with E-state index < -0.39 is 49.3 Å². The molecule has 0 heterocycles. The molecule has 2 unspecified atom stereocenters. The zero-order chi connectivity index (χ0) is 31.6. The first-order valence-electron chi connectivity index (χ1n) is 14.4. The average molecular weight is 767 g/mol. The smallest absolute Gasteiger partial charge is 1.00 e. The summed E-state index contributed by atoms with van der Waals surface area (Å²) in [5, 5.41) is 0. The van der Waals surface area contributed by atoms with Gasteiger partial charge in [-0.15, -0.1) is 0 Å². The van der Waals surface area contributed by atoms with Crippen molar-refractivity contribution in [1.29, 1.82) is 0 Å². The van der Waals surface area contributed by atoms with Crippen LogP contribution in [0.2, 0.25) is 13.1 Å². The van der Waals surface area contributed by atoms with E-state index in [2.05, 4.69) is 51.2 Å². The van der Waals surface area contributed by atoms with Crippen molar-refractivity contribution in [2.24, 2.45) is 0 Å². The summed E-state index contributed by atoms with van der Waals surface area (Å²) in [6, 6.07) is 22.9. The Hall–Kier alpha value is -2.38. The molecule has 2 atom stereocenters. The van der Waals surface area contributed by atoms with E-state index in [1.807, 2.05) is 12.1 Å². The molecule has 0 saturated carbocycles. The molecule has 238 valence electrons. The van der Waals surface area contributed by atoms with Crippen LogP contribution in [0.4, 0.5) is 26.3 Å². The Bertz CT molecular complexity index is 1770. The second kappa shape index (κ2) is 13.6. The summed E-state index contributed by atoms with van der Waals surface area (Å²) in [7, 11) is 0. The number of alkyl halides is 6. The number of hydrogen-bond donors (Lipinski definition) is 0. The van der Waals surface area contributed by atoms with Gasteiger partial charge in [-0.1, -0.05) is 0 Å². The summed E-state index contributed by atoms with van der Waals surface area (Å²) in [5.41, 5.74) is 5.67. The second-order valence-electron chi connectivity index (χ2n) is 11.8. The van der Waals surface area contributed by atoms with Gasteiger partial charge in [0, 0.05) is 0 Å². The zero-order valence-corrected chi connectivity index (χ0v) is 30.4. The van der Waals surface area contributed by atoms with Crippen LogP contribution in [-0.4, -0.2) is 5.43 Å². The molecule has 0 spiro atoms. The molecular formula is C36H30Cl2F6SiZr. The third kappa shape index (κ3) is 6.40. The molecule has 0 saturated heterocycles. The first-order valence-corrected chi connectivity index (χ1v) is 23.4. The molecule has 2 aliphatic rings. The number of allylic oxidation sites excluding steroid dienone is 2. The van der Waals surface area contributed by atoms with E-state index in [1.165, 1.54) is 23.3 Å². The summed E-state index contributed by atoms with van der Waals surface area (Å²) < 4.78 is 84.6. The van der Waals surface area contributed by atoms with E-state index in [0.717, 1.165) is 34.4 Å². The van der Waals surface area contributed by atoms with Crippen molar-refractivity contribution in [2.75, 3.05) is 0 Å². The topological polar surface area (TPSA) is 0 Å². The van der Waals surface area contributed by atoms with Crippen LogP contribution in [0.3, 0.4) is 0 Å². The standard InChI is InChI=1S/2C17H12F3.C2H6Si.2ClH.Zr/c2*1-11-9-12-5-4-7-13(15(12)10-11)14-6-2-3-8-16(14)17(18,19)20;1-3-2;;;/h2*2-10H,1H3;1-2H3;2*1H;/q;;;;;+2/p-2. The van der Waals surface area contributed by atoms with Crippen molar-refractivity contribution in [2.45, 2.75) is 46.5 Å². The van der Waals surface area contributed by atoms with Crippen LogP contribution in [0, 0.1) is 0 Å². The predicted molar refractivity (Wildman–Crippen MR) is 164 cm³/mol. The Morgan fingerprint density at radius 2 is 0.870 bits per heavy atom. The van der Waals surface area contributed by atoms with Gasteiger partial charge in [0.05, 0.1) is 0 Å². The van der Waals surface area contributed by atoms with Gasteiger partial charge in [0.1, 0.15) is 0 Å². The minimum atomic E-state index is -4.47. The van der Waals surface area contributed by atoms with E-state index in [-0.39, 0.29) is 43.2 Å². The van der Waals surface area contributed by atoms with Gasteiger partial charge >= 0.3 is 263 Å². The molecule has 10 heteroatoms. The summed E-state index contributed by atoms with van der Waals surface area (Å²) >= 11 is -2.60. The third-order valence-electron chi connectivity index (χ3n) is 8.80. The molecule has 0 aromatic heterocycles. The van der Waals surface area contributed by atoms with Gasteiger partial charge in [0.2, 0.25) is 0 Å². The summed E-state index contributed by atoms with van der Waals surface area (Å²) in [5.74, 6) is 0. The fourth-order valence-corrected chi connectivity index (χ4v) is 27.8. The van der Waals surface area contributed by atoms with Gasteiger partial charge in [-0.2, -0.15) is 0 Å². The Morgan fingerprint density at radius 1 is 0.522 bits per heavy atom. The zero-order valence-electron chi connectivity index (χ0n) is 25.4. The number of rotatable bonds is 4. The van der Waals surface area contributed by atoms with Gasteiger partial charge in [-0.05, 0) is 0 Å². The van der Waals surface area contributed by atoms with Crippen molar-refractivity contribution in [1.82, 2.24) is 0 Å². The molecule has 0 radical (unpaired) electrons. The minimum absolute atomic E-state index is 0. The van der Waals surface area contributed by atoms with Gasteiger partial charge < -0.3 is 24.8 Å². The molecule has 0 bridgehead atoms. The van der Waals surface area contributed by atoms with Crippen molar-refractivity contribution in [3.8, 4) is 22.3 Å². The van der Waals surface area contributed by atoms with Crippen molar-refractivity contribution >= 4 is 17.6 Å². The first-order chi connectivity index (χ1) is 20.8. The van der Waals surface area contributed by atoms with Gasteiger partial charge in [0.25, 0.3) is 0 Å². The molecule has 2 aliphatic carbocycles. The maximum absolute atomic E-state index is 14.0. The van der Waals surface area contributed by atoms with E-state index in [4.69, 9.17) is 0 Å². The number of fused-ring (bicyclic) bond motifs is 2. The normalized spacial score (nSPS) is 16.6. The van der Waals surface area contributed by atoms with Crippen LogP contribution in [0.15, 0.2) is 96.1 Å². The monoisotopic (exact) mass is 764 g/mol. The maximum atomic E-state index is 14.0. The summed E-state index contributed by atoms with van der Waals surface area (Å²) in [6.45, 7) is 8.87. The molecule has 46 heavy (non-hydrogen) atoms. The summed E-state index contributed by atoms with van der Waals surface area (Å²) in [6.07, 6.45) is -4.78. The molecule has 4 aromatic carbocycles. The molecule has 6 rings (SSSR count). The van der Waals surface area contributed by atoms with Gasteiger partial charge in [-0.3, -0.25) is 0 Å². The van der Waals surface area contributed by atoms with Crippen LogP contribution in [-0.2, 0) is 32.7 Å². The van der Waals surface area contributed by atoms with Crippen molar-refractivity contribution in [3.63, 3.8) is 0 Å².